The summed E-state index contributed by atoms with van der Waals surface area (Å²) in [5, 5.41) is 11.0. The Kier molecular flexibility index (Phi) is 6.23. The highest BCUT2D eigenvalue weighted by atomic mass is 16.7. The quantitative estimate of drug-likeness (QED) is 0.317. The molecule has 10 heteroatoms. The van der Waals surface area contributed by atoms with Gasteiger partial charge in [-0.15, -0.1) is 0 Å². The third-order valence-corrected chi connectivity index (χ3v) is 3.64. The van der Waals surface area contributed by atoms with E-state index in [2.05, 4.69) is 4.74 Å². The van der Waals surface area contributed by atoms with Crippen molar-refractivity contribution in [2.75, 3.05) is 7.11 Å². The lowest BCUT2D eigenvalue weighted by molar-refractivity contribution is -0.385. The number of nitro groups is 1. The summed E-state index contributed by atoms with van der Waals surface area (Å²) in [6.07, 6.45) is -2.05. The minimum absolute atomic E-state index is 0.0689. The van der Waals surface area contributed by atoms with Crippen molar-refractivity contribution in [1.29, 1.82) is 0 Å². The Bertz CT molecular complexity index is 718. The van der Waals surface area contributed by atoms with Crippen LogP contribution in [0, 0.1) is 10.1 Å². The predicted molar refractivity (Wildman–Crippen MR) is 84.6 cm³/mol. The molecule has 0 radical (unpaired) electrons. The Morgan fingerprint density at radius 3 is 2.65 bits per heavy atom. The van der Waals surface area contributed by atoms with Crippen LogP contribution in [0.1, 0.15) is 30.1 Å². The average Bonchev–Trinajstić information content (AvgIpc) is 2.60. The van der Waals surface area contributed by atoms with Gasteiger partial charge in [0.2, 0.25) is 6.29 Å². The Balaban J connectivity index is 2.19. The van der Waals surface area contributed by atoms with Gasteiger partial charge in [0.05, 0.1) is 23.7 Å². The van der Waals surface area contributed by atoms with Crippen LogP contribution in [0.25, 0.3) is 0 Å². The van der Waals surface area contributed by atoms with Crippen molar-refractivity contribution in [3.8, 4) is 5.75 Å². The molecule has 2 rings (SSSR count). The molecule has 0 aromatic heterocycles. The summed E-state index contributed by atoms with van der Waals surface area (Å²) in [6, 6.07) is 3.68. The number of methoxy groups -OCH3 is 1. The number of ether oxygens (including phenoxy) is 4. The van der Waals surface area contributed by atoms with Crippen LogP contribution in [0.5, 0.6) is 5.75 Å². The third kappa shape index (κ3) is 4.76. The molecule has 26 heavy (non-hydrogen) atoms. The number of benzene rings is 1. The molecule has 140 valence electrons. The molecule has 1 fully saturated rings. The van der Waals surface area contributed by atoms with Gasteiger partial charge in [0, 0.05) is 19.8 Å². The molecule has 1 aromatic carbocycles. The smallest absolute Gasteiger partial charge is 0.335 e. The van der Waals surface area contributed by atoms with Gasteiger partial charge >= 0.3 is 11.9 Å². The molecule has 1 aromatic rings. The molecule has 0 N–H and O–H groups in total. The first kappa shape index (κ1) is 19.3. The zero-order valence-electron chi connectivity index (χ0n) is 14.1. The molecular formula is C16H17NO9. The van der Waals surface area contributed by atoms with Gasteiger partial charge in [-0.25, -0.2) is 4.79 Å². The van der Waals surface area contributed by atoms with Crippen LogP contribution in [-0.2, 0) is 23.8 Å². The maximum absolute atomic E-state index is 11.8. The van der Waals surface area contributed by atoms with Gasteiger partial charge < -0.3 is 18.9 Å². The number of rotatable bonds is 6. The normalized spacial score (nSPS) is 22.2. The summed E-state index contributed by atoms with van der Waals surface area (Å²) in [4.78, 5) is 44.1. The number of carbonyl (C=O) groups is 3. The number of hydrogen-bond donors (Lipinski definition) is 0. The summed E-state index contributed by atoms with van der Waals surface area (Å²) >= 11 is 0. The zero-order chi connectivity index (χ0) is 19.3. The average molecular weight is 367 g/mol. The molecule has 1 saturated heterocycles. The van der Waals surface area contributed by atoms with Gasteiger partial charge in [-0.2, -0.15) is 0 Å². The van der Waals surface area contributed by atoms with E-state index >= 15 is 0 Å². The lowest BCUT2D eigenvalue weighted by Gasteiger charge is -2.33. The highest BCUT2D eigenvalue weighted by Gasteiger charge is 2.37. The molecule has 10 nitrogen and oxygen atoms in total. The van der Waals surface area contributed by atoms with Gasteiger partial charge in [-0.05, 0) is 12.1 Å². The molecule has 0 bridgehead atoms. The second-order valence-corrected chi connectivity index (χ2v) is 5.49. The summed E-state index contributed by atoms with van der Waals surface area (Å²) in [5.41, 5.74) is -0.522. The number of carbonyl (C=O) groups excluding carboxylic acids is 3. The monoisotopic (exact) mass is 367 g/mol. The van der Waals surface area contributed by atoms with E-state index in [1.807, 2.05) is 0 Å². The number of aldehydes is 1. The van der Waals surface area contributed by atoms with Crippen molar-refractivity contribution in [3.05, 3.63) is 33.9 Å². The minimum atomic E-state index is -1.01. The fourth-order valence-corrected chi connectivity index (χ4v) is 2.54. The van der Waals surface area contributed by atoms with Gasteiger partial charge in [-0.1, -0.05) is 0 Å². The highest BCUT2D eigenvalue weighted by molar-refractivity contribution is 5.81. The standard InChI is InChI=1S/C16H17NO9/c1-9(19)24-12-6-14(16(20)23-2)26-15(7-12)25-11-4-3-10(8-18)13(5-11)17(21)22/h3-5,8,12,14-15H,6-7H2,1-2H3/t12?,14-,15?/m0/s1. The van der Waals surface area contributed by atoms with E-state index in [1.165, 1.54) is 26.2 Å². The highest BCUT2D eigenvalue weighted by Crippen LogP contribution is 2.29. The molecule has 1 aliphatic rings. The van der Waals surface area contributed by atoms with Crippen molar-refractivity contribution in [2.24, 2.45) is 0 Å². The summed E-state index contributed by atoms with van der Waals surface area (Å²) in [5.74, 6) is -1.11. The molecule has 3 atom stereocenters. The van der Waals surface area contributed by atoms with Crippen LogP contribution in [0.2, 0.25) is 0 Å². The Morgan fingerprint density at radius 1 is 1.35 bits per heavy atom. The molecule has 0 saturated carbocycles. The van der Waals surface area contributed by atoms with Crippen LogP contribution < -0.4 is 4.74 Å². The van der Waals surface area contributed by atoms with E-state index in [0.29, 0.717) is 6.29 Å². The molecule has 2 unspecified atom stereocenters. The summed E-state index contributed by atoms with van der Waals surface area (Å²) in [7, 11) is 1.19. The first-order valence-corrected chi connectivity index (χ1v) is 7.64. The largest absolute Gasteiger partial charge is 0.467 e. The van der Waals surface area contributed by atoms with Crippen molar-refractivity contribution >= 4 is 23.9 Å². The SMILES string of the molecule is COC(=O)[C@@H]1CC(OC(C)=O)CC(Oc2ccc(C=O)c([N+](=O)[O-])c2)O1. The van der Waals surface area contributed by atoms with Crippen molar-refractivity contribution in [2.45, 2.75) is 38.3 Å². The lowest BCUT2D eigenvalue weighted by Crippen LogP contribution is -2.44. The fraction of sp³-hybridized carbons (Fsp3) is 0.438. The van der Waals surface area contributed by atoms with Gasteiger partial charge in [0.15, 0.2) is 12.4 Å². The summed E-state index contributed by atoms with van der Waals surface area (Å²) in [6.45, 7) is 1.24. The van der Waals surface area contributed by atoms with Crippen LogP contribution in [-0.4, -0.2) is 48.8 Å². The van der Waals surface area contributed by atoms with E-state index in [9.17, 15) is 24.5 Å². The number of nitrogens with zero attached hydrogens (tertiary/aromatic N) is 1. The van der Waals surface area contributed by atoms with Crippen LogP contribution in [0.4, 0.5) is 5.69 Å². The molecule has 0 spiro atoms. The molecule has 1 heterocycles. The third-order valence-electron chi connectivity index (χ3n) is 3.64. The van der Waals surface area contributed by atoms with Crippen LogP contribution >= 0.6 is 0 Å². The number of nitro benzene ring substituents is 1. The second-order valence-electron chi connectivity index (χ2n) is 5.49. The number of esters is 2. The van der Waals surface area contributed by atoms with Crippen molar-refractivity contribution < 1.29 is 38.3 Å². The van der Waals surface area contributed by atoms with Gasteiger partial charge in [-0.3, -0.25) is 19.7 Å². The van der Waals surface area contributed by atoms with E-state index in [-0.39, 0.29) is 24.2 Å². The molecule has 1 aliphatic heterocycles. The molecule has 0 amide bonds. The molecule has 0 aliphatic carbocycles. The minimum Gasteiger partial charge on any atom is -0.467 e. The fourth-order valence-electron chi connectivity index (χ4n) is 2.54. The lowest BCUT2D eigenvalue weighted by atomic mass is 10.0. The first-order valence-electron chi connectivity index (χ1n) is 7.64. The summed E-state index contributed by atoms with van der Waals surface area (Å²) < 4.78 is 20.8. The van der Waals surface area contributed by atoms with E-state index in [0.717, 1.165) is 6.07 Å². The van der Waals surface area contributed by atoms with E-state index in [1.54, 1.807) is 0 Å². The zero-order valence-corrected chi connectivity index (χ0v) is 14.1. The topological polar surface area (TPSA) is 131 Å². The Morgan fingerprint density at radius 2 is 2.08 bits per heavy atom. The van der Waals surface area contributed by atoms with Crippen LogP contribution in [0.3, 0.4) is 0 Å². The Labute approximate surface area is 148 Å². The second kappa shape index (κ2) is 8.39. The van der Waals surface area contributed by atoms with Gasteiger partial charge in [0.1, 0.15) is 11.9 Å². The van der Waals surface area contributed by atoms with Crippen molar-refractivity contribution in [3.63, 3.8) is 0 Å². The maximum atomic E-state index is 11.8. The van der Waals surface area contributed by atoms with Gasteiger partial charge in [0.25, 0.3) is 5.69 Å². The van der Waals surface area contributed by atoms with E-state index < -0.39 is 41.0 Å². The Hall–Kier alpha value is -3.01. The first-order chi connectivity index (χ1) is 12.3. The molecular weight excluding hydrogens is 350 g/mol. The van der Waals surface area contributed by atoms with E-state index in [4.69, 9.17) is 14.2 Å². The number of hydrogen-bond acceptors (Lipinski definition) is 9. The van der Waals surface area contributed by atoms with Crippen LogP contribution in [0.15, 0.2) is 18.2 Å². The predicted octanol–water partition coefficient (Wildman–Crippen LogP) is 1.40. The van der Waals surface area contributed by atoms with Crippen molar-refractivity contribution in [1.82, 2.24) is 0 Å². The maximum Gasteiger partial charge on any atom is 0.335 e.